The van der Waals surface area contributed by atoms with E-state index in [0.29, 0.717) is 30.4 Å². The number of nitriles is 1. The maximum absolute atomic E-state index is 13.0. The summed E-state index contributed by atoms with van der Waals surface area (Å²) in [7, 11) is -3.75. The zero-order valence-corrected chi connectivity index (χ0v) is 13.8. The van der Waals surface area contributed by atoms with Gasteiger partial charge in [0.05, 0.1) is 23.3 Å². The lowest BCUT2D eigenvalue weighted by Gasteiger charge is -2.33. The largest absolute Gasteiger partial charge is 0.392 e. The van der Waals surface area contributed by atoms with Crippen LogP contribution in [0.25, 0.3) is 0 Å². The Morgan fingerprint density at radius 2 is 1.96 bits per heavy atom. The zero-order valence-electron chi connectivity index (χ0n) is 13.0. The lowest BCUT2D eigenvalue weighted by Crippen LogP contribution is -2.40. The third-order valence-electron chi connectivity index (χ3n) is 4.31. The van der Waals surface area contributed by atoms with Crippen molar-refractivity contribution in [1.29, 1.82) is 5.26 Å². The number of nitrogens with one attached hydrogen (secondary N) is 1. The molecule has 1 saturated carbocycles. The van der Waals surface area contributed by atoms with Crippen molar-refractivity contribution < 1.29 is 21.6 Å². The first-order valence-corrected chi connectivity index (χ1v) is 9.39. The van der Waals surface area contributed by atoms with Crippen molar-refractivity contribution >= 4 is 10.0 Å². The van der Waals surface area contributed by atoms with Gasteiger partial charge in [-0.1, -0.05) is 25.0 Å². The summed E-state index contributed by atoms with van der Waals surface area (Å²) in [6.45, 7) is -0.204. The van der Waals surface area contributed by atoms with Gasteiger partial charge in [-0.25, -0.2) is 13.1 Å². The minimum Gasteiger partial charge on any atom is -0.215 e. The number of alkyl halides is 3. The molecule has 0 aromatic heterocycles. The minimum atomic E-state index is -4.29. The molecule has 0 bridgehead atoms. The predicted octanol–water partition coefficient (Wildman–Crippen LogP) is 3.35. The highest BCUT2D eigenvalue weighted by Gasteiger charge is 2.45. The second-order valence-electron chi connectivity index (χ2n) is 6.11. The van der Waals surface area contributed by atoms with Crippen LogP contribution in [0, 0.1) is 23.2 Å². The molecule has 0 spiro atoms. The fourth-order valence-corrected chi connectivity index (χ4v) is 4.31. The first-order valence-electron chi connectivity index (χ1n) is 7.74. The van der Waals surface area contributed by atoms with Gasteiger partial charge in [0.25, 0.3) is 0 Å². The van der Waals surface area contributed by atoms with Gasteiger partial charge in [-0.2, -0.15) is 18.4 Å². The van der Waals surface area contributed by atoms with E-state index in [1.54, 1.807) is 18.2 Å². The number of hydrogen-bond donors (Lipinski definition) is 1. The highest BCUT2D eigenvalue weighted by molar-refractivity contribution is 7.88. The number of sulfonamides is 1. The maximum atomic E-state index is 13.0. The predicted molar refractivity (Wildman–Crippen MR) is 83.3 cm³/mol. The van der Waals surface area contributed by atoms with E-state index in [1.807, 2.05) is 6.07 Å². The van der Waals surface area contributed by atoms with Gasteiger partial charge in [-0.15, -0.1) is 0 Å². The topological polar surface area (TPSA) is 70.0 Å². The summed E-state index contributed by atoms with van der Waals surface area (Å²) in [5, 5.41) is 8.82. The van der Waals surface area contributed by atoms with Gasteiger partial charge >= 0.3 is 6.18 Å². The molecule has 0 amide bonds. The summed E-state index contributed by atoms with van der Waals surface area (Å²) in [5.74, 6) is -2.53. The molecular weight excluding hydrogens is 341 g/mol. The lowest BCUT2D eigenvalue weighted by atomic mass is 9.79. The van der Waals surface area contributed by atoms with Crippen LogP contribution in [0.3, 0.4) is 0 Å². The fourth-order valence-electron chi connectivity index (χ4n) is 3.12. The van der Waals surface area contributed by atoms with Gasteiger partial charge < -0.3 is 0 Å². The minimum absolute atomic E-state index is 0.0557. The molecule has 8 heteroatoms. The highest BCUT2D eigenvalue weighted by Crippen LogP contribution is 2.41. The molecule has 2 atom stereocenters. The van der Waals surface area contributed by atoms with Crippen molar-refractivity contribution in [3.05, 3.63) is 35.4 Å². The summed E-state index contributed by atoms with van der Waals surface area (Å²) in [5.41, 5.74) is 0.768. The van der Waals surface area contributed by atoms with E-state index >= 15 is 0 Å². The van der Waals surface area contributed by atoms with Crippen molar-refractivity contribution in [1.82, 2.24) is 4.72 Å². The van der Waals surface area contributed by atoms with Gasteiger partial charge in [0, 0.05) is 6.54 Å². The molecule has 24 heavy (non-hydrogen) atoms. The van der Waals surface area contributed by atoms with Crippen LogP contribution < -0.4 is 4.72 Å². The number of hydrogen-bond acceptors (Lipinski definition) is 3. The molecule has 1 aliphatic rings. The van der Waals surface area contributed by atoms with E-state index in [-0.39, 0.29) is 18.7 Å². The Bertz CT molecular complexity index is 711. The molecule has 0 heterocycles. The Morgan fingerprint density at radius 1 is 1.25 bits per heavy atom. The number of nitrogens with zero attached hydrogens (tertiary/aromatic N) is 1. The molecule has 1 aromatic rings. The summed E-state index contributed by atoms with van der Waals surface area (Å²) in [6, 6.07) is 8.07. The summed E-state index contributed by atoms with van der Waals surface area (Å²) >= 11 is 0. The van der Waals surface area contributed by atoms with Crippen LogP contribution in [0.4, 0.5) is 13.2 Å². The Labute approximate surface area is 139 Å². The first kappa shape index (κ1) is 18.7. The molecule has 0 radical (unpaired) electrons. The van der Waals surface area contributed by atoms with E-state index in [0.717, 1.165) is 0 Å². The molecule has 132 valence electrons. The average Bonchev–Trinajstić information content (AvgIpc) is 2.52. The van der Waals surface area contributed by atoms with Crippen molar-refractivity contribution in [2.24, 2.45) is 11.8 Å². The van der Waals surface area contributed by atoms with Gasteiger partial charge in [0.15, 0.2) is 0 Å². The second kappa shape index (κ2) is 7.53. The van der Waals surface area contributed by atoms with E-state index < -0.39 is 28.0 Å². The van der Waals surface area contributed by atoms with Gasteiger partial charge in [0.1, 0.15) is 0 Å². The monoisotopic (exact) mass is 360 g/mol. The molecule has 1 fully saturated rings. The normalized spacial score (nSPS) is 22.1. The molecule has 0 aliphatic heterocycles. The molecule has 2 unspecified atom stereocenters. The molecular formula is C16H19F3N2O2S. The average molecular weight is 360 g/mol. The standard InChI is InChI=1S/C16H19F3N2O2S/c17-16(18,19)15-7-2-1-6-14(15)10-21-24(22,23)11-13-5-3-4-12(8-13)9-20/h3-5,8,14-15,21H,1-2,6-7,10-11H2. The Morgan fingerprint density at radius 3 is 2.62 bits per heavy atom. The zero-order chi connectivity index (χ0) is 17.8. The Balaban J connectivity index is 2.00. The fraction of sp³-hybridized carbons (Fsp3) is 0.562. The van der Waals surface area contributed by atoms with E-state index in [9.17, 15) is 21.6 Å². The summed E-state index contributed by atoms with van der Waals surface area (Å²) < 4.78 is 65.7. The quantitative estimate of drug-likeness (QED) is 0.875. The molecule has 0 saturated heterocycles. The molecule has 1 aromatic carbocycles. The van der Waals surface area contributed by atoms with Crippen molar-refractivity contribution in [3.8, 4) is 6.07 Å². The smallest absolute Gasteiger partial charge is 0.215 e. The van der Waals surface area contributed by atoms with Gasteiger partial charge in [-0.3, -0.25) is 0 Å². The first-order chi connectivity index (χ1) is 11.2. The third kappa shape index (κ3) is 5.21. The van der Waals surface area contributed by atoms with Gasteiger partial charge in [-0.05, 0) is 36.5 Å². The number of benzene rings is 1. The molecule has 1 N–H and O–H groups in total. The van der Waals surface area contributed by atoms with Crippen LogP contribution in [-0.2, 0) is 15.8 Å². The van der Waals surface area contributed by atoms with E-state index in [1.165, 1.54) is 6.07 Å². The van der Waals surface area contributed by atoms with E-state index in [2.05, 4.69) is 4.72 Å². The van der Waals surface area contributed by atoms with Crippen LogP contribution >= 0.6 is 0 Å². The molecule has 4 nitrogen and oxygen atoms in total. The number of halogens is 3. The molecule has 2 rings (SSSR count). The van der Waals surface area contributed by atoms with Crippen LogP contribution in [-0.4, -0.2) is 21.1 Å². The van der Waals surface area contributed by atoms with Crippen molar-refractivity contribution in [3.63, 3.8) is 0 Å². The molecule has 1 aliphatic carbocycles. The van der Waals surface area contributed by atoms with Crippen molar-refractivity contribution in [2.45, 2.75) is 37.6 Å². The third-order valence-corrected chi connectivity index (χ3v) is 5.63. The van der Waals surface area contributed by atoms with E-state index in [4.69, 9.17) is 5.26 Å². The summed E-state index contributed by atoms with van der Waals surface area (Å²) in [6.07, 6.45) is -2.66. The van der Waals surface area contributed by atoms with Crippen LogP contribution in [0.5, 0.6) is 0 Å². The Hall–Kier alpha value is -1.59. The van der Waals surface area contributed by atoms with Crippen LogP contribution in [0.15, 0.2) is 24.3 Å². The SMILES string of the molecule is N#Cc1cccc(CS(=O)(=O)NCC2CCCCC2C(F)(F)F)c1. The lowest BCUT2D eigenvalue weighted by molar-refractivity contribution is -0.195. The maximum Gasteiger partial charge on any atom is 0.392 e. The number of rotatable bonds is 5. The Kier molecular flexibility index (Phi) is 5.88. The highest BCUT2D eigenvalue weighted by atomic mass is 32.2. The van der Waals surface area contributed by atoms with Gasteiger partial charge in [0.2, 0.25) is 10.0 Å². The van der Waals surface area contributed by atoms with Crippen LogP contribution in [0.1, 0.15) is 36.8 Å². The van der Waals surface area contributed by atoms with Crippen LogP contribution in [0.2, 0.25) is 0 Å². The second-order valence-corrected chi connectivity index (χ2v) is 7.92. The van der Waals surface area contributed by atoms with Crippen molar-refractivity contribution in [2.75, 3.05) is 6.54 Å². The summed E-state index contributed by atoms with van der Waals surface area (Å²) in [4.78, 5) is 0.